The molecule has 0 aliphatic heterocycles. The van der Waals surface area contributed by atoms with Crippen LogP contribution >= 0.6 is 0 Å². The molecule has 10 heteroatoms. The standard InChI is InChI=1S/C24H41N7O3/c1-10-30(11-2)24-28-22(25-12-13-31(16(3)4)17(5)6)27-23(29-24)26-18-14-19(32-7)21(34-9)20(15-18)33-8/h14-17H,10-13H2,1-9H3,(H2,25,26,27,28,29). The molecule has 0 bridgehead atoms. The highest BCUT2D eigenvalue weighted by molar-refractivity contribution is 5.66. The fraction of sp³-hybridized carbons (Fsp3) is 0.625. The van der Waals surface area contributed by atoms with E-state index in [2.05, 4.69) is 76.9 Å². The zero-order valence-electron chi connectivity index (χ0n) is 22.1. The molecular formula is C24H41N7O3. The lowest BCUT2D eigenvalue weighted by Gasteiger charge is -2.30. The van der Waals surface area contributed by atoms with E-state index >= 15 is 0 Å². The van der Waals surface area contributed by atoms with Crippen LogP contribution in [0.25, 0.3) is 0 Å². The number of nitrogens with zero attached hydrogens (tertiary/aromatic N) is 5. The van der Waals surface area contributed by atoms with Gasteiger partial charge in [0, 0.05) is 56.1 Å². The third-order valence-corrected chi connectivity index (χ3v) is 5.57. The van der Waals surface area contributed by atoms with Crippen molar-refractivity contribution in [3.63, 3.8) is 0 Å². The molecule has 1 heterocycles. The number of benzene rings is 1. The summed E-state index contributed by atoms with van der Waals surface area (Å²) in [4.78, 5) is 18.4. The molecule has 10 nitrogen and oxygen atoms in total. The zero-order valence-corrected chi connectivity index (χ0v) is 22.1. The molecule has 2 rings (SSSR count). The molecule has 0 aliphatic rings. The summed E-state index contributed by atoms with van der Waals surface area (Å²) < 4.78 is 16.4. The Morgan fingerprint density at radius 3 is 1.85 bits per heavy atom. The first kappa shape index (κ1) is 27.2. The van der Waals surface area contributed by atoms with Crippen LogP contribution in [0.2, 0.25) is 0 Å². The maximum Gasteiger partial charge on any atom is 0.233 e. The largest absolute Gasteiger partial charge is 0.493 e. The molecule has 1 aromatic carbocycles. The van der Waals surface area contributed by atoms with Gasteiger partial charge < -0.3 is 29.7 Å². The first-order chi connectivity index (χ1) is 16.3. The predicted molar refractivity (Wildman–Crippen MR) is 138 cm³/mol. The van der Waals surface area contributed by atoms with Crippen LogP contribution in [-0.2, 0) is 0 Å². The van der Waals surface area contributed by atoms with Gasteiger partial charge in [0.05, 0.1) is 21.3 Å². The number of ether oxygens (including phenoxy) is 3. The molecule has 0 aliphatic carbocycles. The Morgan fingerprint density at radius 2 is 1.38 bits per heavy atom. The number of rotatable bonds is 14. The molecule has 0 saturated heterocycles. The van der Waals surface area contributed by atoms with Crippen molar-refractivity contribution >= 4 is 23.5 Å². The first-order valence-electron chi connectivity index (χ1n) is 11.8. The van der Waals surface area contributed by atoms with Crippen molar-refractivity contribution in [1.29, 1.82) is 0 Å². The van der Waals surface area contributed by atoms with E-state index in [0.29, 0.717) is 52.9 Å². The lowest BCUT2D eigenvalue weighted by atomic mass is 10.2. The second kappa shape index (κ2) is 13.0. The van der Waals surface area contributed by atoms with Gasteiger partial charge in [0.2, 0.25) is 23.6 Å². The Balaban J connectivity index is 2.34. The number of aromatic nitrogens is 3. The van der Waals surface area contributed by atoms with Crippen molar-refractivity contribution in [3.8, 4) is 17.2 Å². The lowest BCUT2D eigenvalue weighted by molar-refractivity contribution is 0.182. The van der Waals surface area contributed by atoms with Gasteiger partial charge in [-0.1, -0.05) is 0 Å². The van der Waals surface area contributed by atoms with E-state index in [9.17, 15) is 0 Å². The van der Waals surface area contributed by atoms with Gasteiger partial charge in [-0.15, -0.1) is 0 Å². The van der Waals surface area contributed by atoms with Crippen LogP contribution in [0.4, 0.5) is 23.5 Å². The van der Waals surface area contributed by atoms with Crippen LogP contribution in [0.15, 0.2) is 12.1 Å². The van der Waals surface area contributed by atoms with Crippen molar-refractivity contribution in [1.82, 2.24) is 19.9 Å². The second-order valence-electron chi connectivity index (χ2n) is 8.35. The molecule has 2 aromatic rings. The van der Waals surface area contributed by atoms with E-state index in [-0.39, 0.29) is 0 Å². The highest BCUT2D eigenvalue weighted by Gasteiger charge is 2.17. The van der Waals surface area contributed by atoms with Crippen LogP contribution in [0, 0.1) is 0 Å². The topological polar surface area (TPSA) is 96.9 Å². The van der Waals surface area contributed by atoms with Gasteiger partial charge in [0.25, 0.3) is 0 Å². The summed E-state index contributed by atoms with van der Waals surface area (Å²) in [6.07, 6.45) is 0. The number of anilines is 4. The zero-order chi connectivity index (χ0) is 25.3. The third kappa shape index (κ3) is 6.99. The fourth-order valence-corrected chi connectivity index (χ4v) is 3.84. The minimum Gasteiger partial charge on any atom is -0.493 e. The van der Waals surface area contributed by atoms with Gasteiger partial charge in [0.15, 0.2) is 11.5 Å². The average molecular weight is 476 g/mol. The molecule has 0 spiro atoms. The molecule has 0 unspecified atom stereocenters. The van der Waals surface area contributed by atoms with Gasteiger partial charge in [-0.25, -0.2) is 0 Å². The van der Waals surface area contributed by atoms with Gasteiger partial charge in [-0.05, 0) is 41.5 Å². The van der Waals surface area contributed by atoms with Crippen molar-refractivity contribution < 1.29 is 14.2 Å². The molecule has 190 valence electrons. The molecule has 0 radical (unpaired) electrons. The van der Waals surface area contributed by atoms with Gasteiger partial charge in [-0.2, -0.15) is 15.0 Å². The normalized spacial score (nSPS) is 11.2. The Morgan fingerprint density at radius 1 is 0.824 bits per heavy atom. The molecular weight excluding hydrogens is 434 g/mol. The van der Waals surface area contributed by atoms with E-state index in [0.717, 1.165) is 26.2 Å². The quantitative estimate of drug-likeness (QED) is 0.417. The van der Waals surface area contributed by atoms with E-state index in [4.69, 9.17) is 14.2 Å². The molecule has 34 heavy (non-hydrogen) atoms. The fourth-order valence-electron chi connectivity index (χ4n) is 3.84. The monoisotopic (exact) mass is 475 g/mol. The second-order valence-corrected chi connectivity index (χ2v) is 8.35. The maximum atomic E-state index is 5.47. The summed E-state index contributed by atoms with van der Waals surface area (Å²) in [7, 11) is 4.75. The van der Waals surface area contributed by atoms with Gasteiger partial charge in [0.1, 0.15) is 0 Å². The summed E-state index contributed by atoms with van der Waals surface area (Å²) in [5.74, 6) is 3.18. The van der Waals surface area contributed by atoms with Crippen LogP contribution in [0.1, 0.15) is 41.5 Å². The average Bonchev–Trinajstić information content (AvgIpc) is 2.81. The van der Waals surface area contributed by atoms with Crippen molar-refractivity contribution in [2.75, 3.05) is 63.0 Å². The van der Waals surface area contributed by atoms with Gasteiger partial charge >= 0.3 is 0 Å². The summed E-state index contributed by atoms with van der Waals surface area (Å²) in [5, 5.41) is 6.65. The smallest absolute Gasteiger partial charge is 0.233 e. The van der Waals surface area contributed by atoms with Crippen molar-refractivity contribution in [3.05, 3.63) is 12.1 Å². The molecule has 1 aromatic heterocycles. The van der Waals surface area contributed by atoms with E-state index in [1.54, 1.807) is 21.3 Å². The third-order valence-electron chi connectivity index (χ3n) is 5.57. The number of methoxy groups -OCH3 is 3. The highest BCUT2D eigenvalue weighted by Crippen LogP contribution is 2.40. The lowest BCUT2D eigenvalue weighted by Crippen LogP contribution is -2.40. The first-order valence-corrected chi connectivity index (χ1v) is 11.8. The summed E-state index contributed by atoms with van der Waals surface area (Å²) >= 11 is 0. The Kier molecular flexibility index (Phi) is 10.4. The molecule has 0 fully saturated rings. The van der Waals surface area contributed by atoms with E-state index < -0.39 is 0 Å². The maximum absolute atomic E-state index is 5.47. The number of hydrogen-bond acceptors (Lipinski definition) is 10. The molecule has 0 saturated carbocycles. The van der Waals surface area contributed by atoms with Crippen molar-refractivity contribution in [2.24, 2.45) is 0 Å². The summed E-state index contributed by atoms with van der Waals surface area (Å²) in [6.45, 7) is 16.2. The SMILES string of the molecule is CCN(CC)c1nc(NCCN(C(C)C)C(C)C)nc(Nc2cc(OC)c(OC)c(OC)c2)n1. The molecule has 0 atom stereocenters. The molecule has 0 amide bonds. The van der Waals surface area contributed by atoms with Crippen molar-refractivity contribution in [2.45, 2.75) is 53.6 Å². The van der Waals surface area contributed by atoms with E-state index in [1.165, 1.54) is 0 Å². The predicted octanol–water partition coefficient (Wildman–Crippen LogP) is 4.02. The summed E-state index contributed by atoms with van der Waals surface area (Å²) in [6, 6.07) is 4.56. The van der Waals surface area contributed by atoms with Crippen LogP contribution in [-0.4, -0.2) is 79.4 Å². The molecule has 2 N–H and O–H groups in total. The van der Waals surface area contributed by atoms with Crippen LogP contribution < -0.4 is 29.7 Å². The minimum absolute atomic E-state index is 0.429. The Labute approximate surface area is 204 Å². The number of hydrogen-bond donors (Lipinski definition) is 2. The van der Waals surface area contributed by atoms with Gasteiger partial charge in [-0.3, -0.25) is 4.90 Å². The van der Waals surface area contributed by atoms with Crippen LogP contribution in [0.5, 0.6) is 17.2 Å². The van der Waals surface area contributed by atoms with E-state index in [1.807, 2.05) is 12.1 Å². The Bertz CT molecular complexity index is 871. The summed E-state index contributed by atoms with van der Waals surface area (Å²) in [5.41, 5.74) is 0.711. The highest BCUT2D eigenvalue weighted by atomic mass is 16.5. The minimum atomic E-state index is 0.429. The number of nitrogens with one attached hydrogen (secondary N) is 2. The Hall–Kier alpha value is -3.01. The van der Waals surface area contributed by atoms with Crippen LogP contribution in [0.3, 0.4) is 0 Å².